The van der Waals surface area contributed by atoms with Crippen LogP contribution in [0.15, 0.2) is 9.31 Å². The fourth-order valence-corrected chi connectivity index (χ4v) is 4.64. The summed E-state index contributed by atoms with van der Waals surface area (Å²) < 4.78 is 33.0. The average molecular weight is 287 g/mol. The Hall–Kier alpha value is -0.850. The zero-order valence-electron chi connectivity index (χ0n) is 11.6. The van der Waals surface area contributed by atoms with E-state index in [1.54, 1.807) is 13.8 Å². The van der Waals surface area contributed by atoms with Crippen LogP contribution in [-0.2, 0) is 16.6 Å². The first-order valence-electron chi connectivity index (χ1n) is 6.59. The Bertz CT molecular complexity index is 561. The molecule has 1 fully saturated rings. The van der Waals surface area contributed by atoms with Crippen molar-refractivity contribution in [2.75, 3.05) is 0 Å². The van der Waals surface area contributed by atoms with Crippen molar-refractivity contribution in [1.29, 1.82) is 0 Å². The van der Waals surface area contributed by atoms with Gasteiger partial charge in [-0.05, 0) is 32.6 Å². The molecule has 1 aliphatic rings. The van der Waals surface area contributed by atoms with Crippen LogP contribution in [0.25, 0.3) is 0 Å². The summed E-state index contributed by atoms with van der Waals surface area (Å²) in [6, 6.07) is -0.0221. The highest BCUT2D eigenvalue weighted by Gasteiger charge is 2.32. The smallest absolute Gasteiger partial charge is 0.244 e. The van der Waals surface area contributed by atoms with Gasteiger partial charge in [-0.1, -0.05) is 13.3 Å². The van der Waals surface area contributed by atoms with Gasteiger partial charge in [0.15, 0.2) is 0 Å². The molecule has 2 unspecified atom stereocenters. The number of aliphatic hydroxyl groups is 1. The summed E-state index contributed by atoms with van der Waals surface area (Å²) in [6.07, 6.45) is 2.96. The Morgan fingerprint density at radius 1 is 1.32 bits per heavy atom. The molecule has 2 N–H and O–H groups in total. The Labute approximate surface area is 114 Å². The van der Waals surface area contributed by atoms with Crippen molar-refractivity contribution >= 4 is 10.0 Å². The Morgan fingerprint density at radius 3 is 2.53 bits per heavy atom. The van der Waals surface area contributed by atoms with E-state index in [-0.39, 0.29) is 17.5 Å². The molecule has 0 aromatic carbocycles. The topological polar surface area (TPSA) is 79.5 Å². The van der Waals surface area contributed by atoms with Crippen molar-refractivity contribution in [3.05, 3.63) is 17.1 Å². The van der Waals surface area contributed by atoms with Gasteiger partial charge in [-0.3, -0.25) is 0 Å². The monoisotopic (exact) mass is 287 g/mol. The van der Waals surface area contributed by atoms with Gasteiger partial charge in [-0.15, -0.1) is 0 Å². The van der Waals surface area contributed by atoms with Crippen LogP contribution < -0.4 is 4.72 Å². The van der Waals surface area contributed by atoms with E-state index in [9.17, 15) is 13.5 Å². The highest BCUT2D eigenvalue weighted by Crippen LogP contribution is 2.30. The van der Waals surface area contributed by atoms with Crippen molar-refractivity contribution in [3.63, 3.8) is 0 Å². The van der Waals surface area contributed by atoms with Crippen molar-refractivity contribution < 1.29 is 17.9 Å². The van der Waals surface area contributed by atoms with E-state index in [0.29, 0.717) is 23.0 Å². The van der Waals surface area contributed by atoms with E-state index in [0.717, 1.165) is 19.3 Å². The predicted molar refractivity (Wildman–Crippen MR) is 71.2 cm³/mol. The number of nitrogens with one attached hydrogen (secondary N) is 1. The lowest BCUT2D eigenvalue weighted by molar-refractivity contribution is 0.276. The van der Waals surface area contributed by atoms with Crippen LogP contribution in [0.1, 0.15) is 43.3 Å². The maximum absolute atomic E-state index is 12.5. The van der Waals surface area contributed by atoms with Crippen LogP contribution in [0.2, 0.25) is 0 Å². The maximum Gasteiger partial charge on any atom is 0.244 e. The van der Waals surface area contributed by atoms with Crippen molar-refractivity contribution in [2.24, 2.45) is 5.92 Å². The van der Waals surface area contributed by atoms with Crippen molar-refractivity contribution in [3.8, 4) is 0 Å². The van der Waals surface area contributed by atoms with Gasteiger partial charge < -0.3 is 9.52 Å². The molecule has 0 aliphatic heterocycles. The van der Waals surface area contributed by atoms with Gasteiger partial charge in [-0.25, -0.2) is 13.1 Å². The van der Waals surface area contributed by atoms with Crippen LogP contribution >= 0.6 is 0 Å². The Kier molecular flexibility index (Phi) is 4.03. The summed E-state index contributed by atoms with van der Waals surface area (Å²) in [7, 11) is -3.63. The minimum atomic E-state index is -3.63. The van der Waals surface area contributed by atoms with Crippen molar-refractivity contribution in [1.82, 2.24) is 4.72 Å². The number of rotatable bonds is 4. The molecular weight excluding hydrogens is 266 g/mol. The SMILES string of the molecule is Cc1oc(C)c(S(=O)(=O)NC2CCCC2C)c1CO. The second kappa shape index (κ2) is 5.26. The second-order valence-electron chi connectivity index (χ2n) is 5.32. The number of aliphatic hydroxyl groups excluding tert-OH is 1. The molecule has 0 radical (unpaired) electrons. The molecule has 0 saturated heterocycles. The van der Waals surface area contributed by atoms with Gasteiger partial charge in [-0.2, -0.15) is 0 Å². The number of furan rings is 1. The lowest BCUT2D eigenvalue weighted by Gasteiger charge is -2.17. The third-order valence-electron chi connectivity index (χ3n) is 3.92. The van der Waals surface area contributed by atoms with Gasteiger partial charge in [0.25, 0.3) is 0 Å². The largest absolute Gasteiger partial charge is 0.465 e. The van der Waals surface area contributed by atoms with Gasteiger partial charge in [0.2, 0.25) is 10.0 Å². The van der Waals surface area contributed by atoms with Gasteiger partial charge in [0.05, 0.1) is 6.61 Å². The first-order valence-corrected chi connectivity index (χ1v) is 8.07. The zero-order valence-corrected chi connectivity index (χ0v) is 12.4. The molecule has 1 aromatic rings. The molecule has 5 nitrogen and oxygen atoms in total. The van der Waals surface area contributed by atoms with E-state index < -0.39 is 10.0 Å². The first-order chi connectivity index (χ1) is 8.86. The average Bonchev–Trinajstić information content (AvgIpc) is 2.82. The second-order valence-corrected chi connectivity index (χ2v) is 6.97. The predicted octanol–water partition coefficient (Wildman–Crippen LogP) is 1.86. The number of hydrogen-bond acceptors (Lipinski definition) is 4. The summed E-state index contributed by atoms with van der Waals surface area (Å²) in [4.78, 5) is 0.103. The third-order valence-corrected chi connectivity index (χ3v) is 5.60. The first kappa shape index (κ1) is 14.6. The van der Waals surface area contributed by atoms with E-state index in [1.165, 1.54) is 0 Å². The normalized spacial score (nSPS) is 24.0. The lowest BCUT2D eigenvalue weighted by Crippen LogP contribution is -2.36. The molecule has 1 aliphatic carbocycles. The zero-order chi connectivity index (χ0) is 14.2. The maximum atomic E-state index is 12.5. The molecule has 19 heavy (non-hydrogen) atoms. The number of sulfonamides is 1. The highest BCUT2D eigenvalue weighted by atomic mass is 32.2. The molecule has 1 aromatic heterocycles. The minimum Gasteiger partial charge on any atom is -0.465 e. The van der Waals surface area contributed by atoms with Crippen LogP contribution in [0, 0.1) is 19.8 Å². The van der Waals surface area contributed by atoms with Gasteiger partial charge in [0, 0.05) is 11.6 Å². The molecule has 2 rings (SSSR count). The molecule has 2 atom stereocenters. The van der Waals surface area contributed by atoms with Gasteiger partial charge >= 0.3 is 0 Å². The summed E-state index contributed by atoms with van der Waals surface area (Å²) in [5.74, 6) is 1.14. The van der Waals surface area contributed by atoms with Crippen LogP contribution in [-0.4, -0.2) is 19.6 Å². The summed E-state index contributed by atoms with van der Waals surface area (Å²) >= 11 is 0. The molecule has 6 heteroatoms. The lowest BCUT2D eigenvalue weighted by atomic mass is 10.1. The molecule has 0 amide bonds. The number of hydrogen-bond donors (Lipinski definition) is 2. The molecule has 0 bridgehead atoms. The minimum absolute atomic E-state index is 0.0221. The molecular formula is C13H21NO4S. The van der Waals surface area contributed by atoms with Crippen LogP contribution in [0.3, 0.4) is 0 Å². The standard InChI is InChI=1S/C13H21NO4S/c1-8-5-4-6-12(8)14-19(16,17)13-10(3)18-9(2)11(13)7-15/h8,12,14-15H,4-7H2,1-3H3. The van der Waals surface area contributed by atoms with Crippen molar-refractivity contribution in [2.45, 2.75) is 57.6 Å². The van der Waals surface area contributed by atoms with Crippen LogP contribution in [0.4, 0.5) is 0 Å². The van der Waals surface area contributed by atoms with E-state index in [2.05, 4.69) is 11.6 Å². The fraction of sp³-hybridized carbons (Fsp3) is 0.692. The fourth-order valence-electron chi connectivity index (χ4n) is 2.82. The highest BCUT2D eigenvalue weighted by molar-refractivity contribution is 7.89. The molecule has 0 spiro atoms. The summed E-state index contributed by atoms with van der Waals surface area (Å²) in [6.45, 7) is 4.99. The molecule has 1 heterocycles. The summed E-state index contributed by atoms with van der Waals surface area (Å²) in [5.41, 5.74) is 0.357. The Balaban J connectivity index is 2.34. The number of aryl methyl sites for hydroxylation is 2. The summed E-state index contributed by atoms with van der Waals surface area (Å²) in [5, 5.41) is 9.34. The van der Waals surface area contributed by atoms with E-state index >= 15 is 0 Å². The van der Waals surface area contributed by atoms with Gasteiger partial charge in [0.1, 0.15) is 16.4 Å². The van der Waals surface area contributed by atoms with E-state index in [4.69, 9.17) is 4.42 Å². The molecule has 1 saturated carbocycles. The Morgan fingerprint density at radius 2 is 2.00 bits per heavy atom. The third kappa shape index (κ3) is 2.70. The quantitative estimate of drug-likeness (QED) is 0.886. The van der Waals surface area contributed by atoms with Crippen LogP contribution in [0.5, 0.6) is 0 Å². The molecule has 108 valence electrons. The van der Waals surface area contributed by atoms with E-state index in [1.807, 2.05) is 0 Å².